The van der Waals surface area contributed by atoms with Crippen molar-refractivity contribution in [1.82, 2.24) is 14.1 Å². The molecule has 1 saturated carbocycles. The van der Waals surface area contributed by atoms with Crippen molar-refractivity contribution in [3.05, 3.63) is 108 Å². The van der Waals surface area contributed by atoms with Crippen LogP contribution in [0.4, 0.5) is 0 Å². The van der Waals surface area contributed by atoms with Crippen LogP contribution in [0, 0.1) is 11.3 Å². The van der Waals surface area contributed by atoms with Crippen molar-refractivity contribution in [2.24, 2.45) is 5.92 Å². The summed E-state index contributed by atoms with van der Waals surface area (Å²) in [6.07, 6.45) is 6.04. The number of aliphatic hydroxyl groups excluding tert-OH is 1. The molecule has 0 bridgehead atoms. The fourth-order valence-corrected chi connectivity index (χ4v) is 5.99. The van der Waals surface area contributed by atoms with Gasteiger partial charge in [0.2, 0.25) is 0 Å². The van der Waals surface area contributed by atoms with Gasteiger partial charge in [0.15, 0.2) is 0 Å². The lowest BCUT2D eigenvalue weighted by Gasteiger charge is -2.32. The maximum Gasteiger partial charge on any atom is 0.146 e. The van der Waals surface area contributed by atoms with Gasteiger partial charge in [0.05, 0.1) is 17.4 Å². The van der Waals surface area contributed by atoms with Crippen molar-refractivity contribution >= 4 is 11.0 Å². The van der Waals surface area contributed by atoms with E-state index in [-0.39, 0.29) is 18.6 Å². The number of benzene rings is 3. The number of aromatic nitrogens is 3. The minimum Gasteiger partial charge on any atom is -0.396 e. The van der Waals surface area contributed by atoms with Crippen LogP contribution in [-0.2, 0) is 6.54 Å². The Hall–Kier alpha value is -3.96. The van der Waals surface area contributed by atoms with Gasteiger partial charge in [-0.1, -0.05) is 104 Å². The minimum atomic E-state index is 0.0874. The van der Waals surface area contributed by atoms with Gasteiger partial charge in [0.25, 0.3) is 0 Å². The van der Waals surface area contributed by atoms with Crippen LogP contribution in [0.1, 0.15) is 37.3 Å². The summed E-state index contributed by atoms with van der Waals surface area (Å²) in [6, 6.07) is 31.4. The summed E-state index contributed by atoms with van der Waals surface area (Å²) in [6.45, 7) is 0.804. The average Bonchev–Trinajstić information content (AvgIpc) is 3.29. The second-order valence-corrected chi connectivity index (χ2v) is 10.0. The normalized spacial score (nSPS) is 17.8. The molecule has 1 aliphatic carbocycles. The molecule has 2 heterocycles. The quantitative estimate of drug-likeness (QED) is 0.289. The van der Waals surface area contributed by atoms with Gasteiger partial charge in [-0.05, 0) is 29.5 Å². The highest BCUT2D eigenvalue weighted by Crippen LogP contribution is 2.40. The Morgan fingerprint density at radius 3 is 2.11 bits per heavy atom. The summed E-state index contributed by atoms with van der Waals surface area (Å²) in [4.78, 5) is 5.04. The van der Waals surface area contributed by atoms with E-state index in [9.17, 15) is 10.5 Å². The third kappa shape index (κ3) is 4.30. The molecule has 0 radical (unpaired) electrons. The van der Waals surface area contributed by atoms with Crippen molar-refractivity contribution in [2.75, 3.05) is 6.61 Å². The first-order valence-corrected chi connectivity index (χ1v) is 13.2. The zero-order valence-corrected chi connectivity index (χ0v) is 20.9. The molecule has 5 nitrogen and oxygen atoms in total. The predicted octanol–water partition coefficient (Wildman–Crippen LogP) is 6.42. The Morgan fingerprint density at radius 1 is 0.811 bits per heavy atom. The van der Waals surface area contributed by atoms with Gasteiger partial charge < -0.3 is 14.2 Å². The van der Waals surface area contributed by atoms with Gasteiger partial charge >= 0.3 is 0 Å². The summed E-state index contributed by atoms with van der Waals surface area (Å²) < 4.78 is 4.30. The highest BCUT2D eigenvalue weighted by molar-refractivity contribution is 6.02. The van der Waals surface area contributed by atoms with Crippen LogP contribution in [0.3, 0.4) is 0 Å². The standard InChI is InChI=1S/C32H32N4O/c33-31-29-28(24-14-6-2-7-15-24)30(25-16-8-3-9-17-25)35(20-23-12-4-1-5-13-23)32(29)34-22-36(31)27-19-11-10-18-26(27)21-37/h1-9,12-17,22,26-27,33,37H,10-11,18-21H2/t26-,27?/m0/s1. The number of hydrogen-bond donors (Lipinski definition) is 2. The van der Waals surface area contributed by atoms with E-state index < -0.39 is 0 Å². The molecule has 0 aliphatic heterocycles. The summed E-state index contributed by atoms with van der Waals surface area (Å²) >= 11 is 0. The third-order valence-corrected chi connectivity index (χ3v) is 7.79. The number of rotatable bonds is 6. The lowest BCUT2D eigenvalue weighted by Crippen LogP contribution is -2.33. The minimum absolute atomic E-state index is 0.0874. The van der Waals surface area contributed by atoms with Crippen molar-refractivity contribution in [3.8, 4) is 22.4 Å². The second-order valence-electron chi connectivity index (χ2n) is 10.0. The van der Waals surface area contributed by atoms with Crippen LogP contribution in [0.25, 0.3) is 33.4 Å². The first-order valence-electron chi connectivity index (χ1n) is 13.2. The number of hydrogen-bond acceptors (Lipinski definition) is 3. The number of nitrogens with zero attached hydrogens (tertiary/aromatic N) is 3. The van der Waals surface area contributed by atoms with E-state index in [0.29, 0.717) is 12.0 Å². The molecule has 37 heavy (non-hydrogen) atoms. The van der Waals surface area contributed by atoms with E-state index in [0.717, 1.165) is 59.1 Å². The molecule has 186 valence electrons. The fourth-order valence-electron chi connectivity index (χ4n) is 5.99. The lowest BCUT2D eigenvalue weighted by molar-refractivity contribution is 0.135. The first-order chi connectivity index (χ1) is 18.3. The Labute approximate surface area is 217 Å². The largest absolute Gasteiger partial charge is 0.396 e. The maximum absolute atomic E-state index is 10.1. The maximum atomic E-state index is 10.1. The van der Waals surface area contributed by atoms with Crippen LogP contribution in [-0.4, -0.2) is 25.8 Å². The molecule has 3 aromatic carbocycles. The van der Waals surface area contributed by atoms with Gasteiger partial charge in [-0.25, -0.2) is 4.98 Å². The molecule has 2 aromatic heterocycles. The van der Waals surface area contributed by atoms with Gasteiger partial charge in [0, 0.05) is 30.7 Å². The van der Waals surface area contributed by atoms with E-state index in [1.165, 1.54) is 5.56 Å². The van der Waals surface area contributed by atoms with Crippen LogP contribution in [0.2, 0.25) is 0 Å². The van der Waals surface area contributed by atoms with Crippen molar-refractivity contribution < 1.29 is 5.11 Å². The molecule has 5 heteroatoms. The van der Waals surface area contributed by atoms with Crippen LogP contribution < -0.4 is 5.49 Å². The Morgan fingerprint density at radius 2 is 1.43 bits per heavy atom. The highest BCUT2D eigenvalue weighted by atomic mass is 16.3. The first kappa shape index (κ1) is 23.4. The molecule has 6 rings (SSSR count). The number of aliphatic hydroxyl groups is 1. The third-order valence-electron chi connectivity index (χ3n) is 7.79. The van der Waals surface area contributed by atoms with Gasteiger partial charge in [-0.3, -0.25) is 5.41 Å². The zero-order valence-electron chi connectivity index (χ0n) is 20.9. The van der Waals surface area contributed by atoms with Gasteiger partial charge in [-0.2, -0.15) is 0 Å². The molecule has 2 atom stereocenters. The SMILES string of the molecule is N=c1c2c(-c3ccccc3)c(-c3ccccc3)n(Cc3ccccc3)c2ncn1C1CCCC[C@H]1CO. The van der Waals surface area contributed by atoms with Gasteiger partial charge in [0.1, 0.15) is 11.1 Å². The molecule has 2 N–H and O–H groups in total. The Kier molecular flexibility index (Phi) is 6.46. The number of fused-ring (bicyclic) bond motifs is 1. The Bertz CT molecular complexity index is 1560. The van der Waals surface area contributed by atoms with Crippen molar-refractivity contribution in [2.45, 2.75) is 38.3 Å². The van der Waals surface area contributed by atoms with Crippen molar-refractivity contribution in [1.29, 1.82) is 5.41 Å². The smallest absolute Gasteiger partial charge is 0.146 e. The molecule has 0 amide bonds. The fraction of sp³-hybridized carbons (Fsp3) is 0.250. The summed E-state index contributed by atoms with van der Waals surface area (Å²) in [5.41, 5.74) is 6.78. The zero-order chi connectivity index (χ0) is 25.2. The summed E-state index contributed by atoms with van der Waals surface area (Å²) in [7, 11) is 0. The molecule has 0 saturated heterocycles. The van der Waals surface area contributed by atoms with Crippen LogP contribution in [0.5, 0.6) is 0 Å². The molecular weight excluding hydrogens is 456 g/mol. The van der Waals surface area contributed by atoms with E-state index in [1.54, 1.807) is 0 Å². The summed E-state index contributed by atoms with van der Waals surface area (Å²) in [5, 5.41) is 20.5. The predicted molar refractivity (Wildman–Crippen MR) is 148 cm³/mol. The lowest BCUT2D eigenvalue weighted by atomic mass is 9.85. The summed E-state index contributed by atoms with van der Waals surface area (Å²) in [5.74, 6) is 0.155. The molecule has 1 aliphatic rings. The average molecular weight is 489 g/mol. The van der Waals surface area contributed by atoms with E-state index in [1.807, 2.05) is 29.1 Å². The number of nitrogens with one attached hydrogen (secondary N) is 1. The molecule has 1 unspecified atom stereocenters. The Balaban J connectivity index is 1.68. The molecule has 0 spiro atoms. The topological polar surface area (TPSA) is 66.8 Å². The van der Waals surface area contributed by atoms with E-state index >= 15 is 0 Å². The van der Waals surface area contributed by atoms with Crippen molar-refractivity contribution in [3.63, 3.8) is 0 Å². The molecular formula is C32H32N4O. The second kappa shape index (κ2) is 10.2. The van der Waals surface area contributed by atoms with Crippen LogP contribution >= 0.6 is 0 Å². The monoisotopic (exact) mass is 488 g/mol. The van der Waals surface area contributed by atoms with E-state index in [2.05, 4.69) is 77.4 Å². The van der Waals surface area contributed by atoms with Crippen LogP contribution in [0.15, 0.2) is 97.3 Å². The molecule has 5 aromatic rings. The highest BCUT2D eigenvalue weighted by Gasteiger charge is 2.29. The van der Waals surface area contributed by atoms with Gasteiger partial charge in [-0.15, -0.1) is 0 Å². The molecule has 1 fully saturated rings. The van der Waals surface area contributed by atoms with E-state index in [4.69, 9.17) is 4.98 Å².